The number of amidine groups is 1. The number of rotatable bonds is 5. The van der Waals surface area contributed by atoms with Crippen molar-refractivity contribution >= 4 is 11.5 Å². The van der Waals surface area contributed by atoms with Crippen LogP contribution in [0.25, 0.3) is 0 Å². The van der Waals surface area contributed by atoms with Gasteiger partial charge in [0.25, 0.3) is 0 Å². The van der Waals surface area contributed by atoms with Crippen LogP contribution in [0.1, 0.15) is 11.1 Å². The summed E-state index contributed by atoms with van der Waals surface area (Å²) in [5.41, 5.74) is 7.09. The molecular formula is C15H16FN3O2. The predicted octanol–water partition coefficient (Wildman–Crippen LogP) is 2.54. The number of anilines is 1. The molecule has 0 unspecified atom stereocenters. The second-order valence-corrected chi connectivity index (χ2v) is 4.37. The summed E-state index contributed by atoms with van der Waals surface area (Å²) in [6.45, 7) is 0.328. The number of hydrogen-bond acceptors (Lipinski definition) is 4. The van der Waals surface area contributed by atoms with E-state index in [-0.39, 0.29) is 5.84 Å². The van der Waals surface area contributed by atoms with Crippen molar-refractivity contribution in [2.24, 2.45) is 10.9 Å². The number of halogens is 1. The highest BCUT2D eigenvalue weighted by atomic mass is 19.1. The molecule has 0 radical (unpaired) electrons. The number of nitrogens with one attached hydrogen (secondary N) is 1. The van der Waals surface area contributed by atoms with Gasteiger partial charge in [-0.2, -0.15) is 0 Å². The van der Waals surface area contributed by atoms with Crippen molar-refractivity contribution in [2.45, 2.75) is 6.54 Å². The molecule has 4 N–H and O–H groups in total. The Bertz CT molecular complexity index is 642. The van der Waals surface area contributed by atoms with Crippen molar-refractivity contribution < 1.29 is 14.3 Å². The molecule has 0 aromatic heterocycles. The van der Waals surface area contributed by atoms with Crippen molar-refractivity contribution in [1.29, 1.82) is 0 Å². The number of methoxy groups -OCH3 is 1. The molecule has 2 aromatic carbocycles. The first-order valence-corrected chi connectivity index (χ1v) is 6.28. The molecule has 0 saturated carbocycles. The minimum Gasteiger partial charge on any atom is -0.497 e. The summed E-state index contributed by atoms with van der Waals surface area (Å²) in [5, 5.41) is 14.5. The van der Waals surface area contributed by atoms with Crippen LogP contribution in [0.2, 0.25) is 0 Å². The van der Waals surface area contributed by atoms with E-state index in [0.717, 1.165) is 11.4 Å². The summed E-state index contributed by atoms with van der Waals surface area (Å²) < 4.78 is 19.0. The lowest BCUT2D eigenvalue weighted by Crippen LogP contribution is -2.14. The van der Waals surface area contributed by atoms with E-state index in [4.69, 9.17) is 15.7 Å². The zero-order valence-corrected chi connectivity index (χ0v) is 11.5. The highest BCUT2D eigenvalue weighted by Crippen LogP contribution is 2.17. The Morgan fingerprint density at radius 1 is 1.29 bits per heavy atom. The Kier molecular flexibility index (Phi) is 4.61. The summed E-state index contributed by atoms with van der Waals surface area (Å²) >= 11 is 0. The van der Waals surface area contributed by atoms with E-state index in [0.29, 0.717) is 17.7 Å². The van der Waals surface area contributed by atoms with Gasteiger partial charge in [0.1, 0.15) is 11.6 Å². The van der Waals surface area contributed by atoms with Crippen LogP contribution in [-0.4, -0.2) is 18.2 Å². The highest BCUT2D eigenvalue weighted by Gasteiger charge is 2.06. The Hall–Kier alpha value is -2.76. The Morgan fingerprint density at radius 3 is 2.57 bits per heavy atom. The third-order valence-corrected chi connectivity index (χ3v) is 3.03. The molecule has 0 saturated heterocycles. The predicted molar refractivity (Wildman–Crippen MR) is 79.2 cm³/mol. The highest BCUT2D eigenvalue weighted by molar-refractivity contribution is 5.97. The summed E-state index contributed by atoms with van der Waals surface area (Å²) in [6.07, 6.45) is 0. The van der Waals surface area contributed by atoms with Crippen molar-refractivity contribution in [3.8, 4) is 5.75 Å². The molecular weight excluding hydrogens is 273 g/mol. The lowest BCUT2D eigenvalue weighted by atomic mass is 10.1. The van der Waals surface area contributed by atoms with Gasteiger partial charge in [-0.1, -0.05) is 17.3 Å². The molecule has 0 heterocycles. The fourth-order valence-electron chi connectivity index (χ4n) is 1.81. The zero-order chi connectivity index (χ0) is 15.2. The van der Waals surface area contributed by atoms with Crippen molar-refractivity contribution in [2.75, 3.05) is 12.4 Å². The van der Waals surface area contributed by atoms with E-state index >= 15 is 0 Å². The fourth-order valence-corrected chi connectivity index (χ4v) is 1.81. The lowest BCUT2D eigenvalue weighted by molar-refractivity contribution is 0.318. The standard InChI is InChI=1S/C15H16FN3O2/c1-21-13-6-4-12(5-7-13)18-9-11-3-2-10(8-14(11)16)15(17)19-20/h2-8,18,20H,9H2,1H3,(H2,17,19). The van der Waals surface area contributed by atoms with Crippen molar-refractivity contribution in [3.05, 3.63) is 59.4 Å². The molecule has 0 amide bonds. The molecule has 110 valence electrons. The topological polar surface area (TPSA) is 79.9 Å². The van der Waals surface area contributed by atoms with Crippen LogP contribution in [0.15, 0.2) is 47.6 Å². The van der Waals surface area contributed by atoms with E-state index in [9.17, 15) is 4.39 Å². The quantitative estimate of drug-likeness (QED) is 0.342. The number of benzene rings is 2. The van der Waals surface area contributed by atoms with Gasteiger partial charge in [0.05, 0.1) is 7.11 Å². The summed E-state index contributed by atoms with van der Waals surface area (Å²) in [5.74, 6) is 0.221. The molecule has 5 nitrogen and oxygen atoms in total. The largest absolute Gasteiger partial charge is 0.497 e. The van der Waals surface area contributed by atoms with Crippen LogP contribution in [-0.2, 0) is 6.54 Å². The minimum atomic E-state index is -0.417. The smallest absolute Gasteiger partial charge is 0.170 e. The maximum atomic E-state index is 13.9. The van der Waals surface area contributed by atoms with Gasteiger partial charge >= 0.3 is 0 Å². The maximum absolute atomic E-state index is 13.9. The minimum absolute atomic E-state index is 0.122. The van der Waals surface area contributed by atoms with E-state index in [2.05, 4.69) is 10.5 Å². The first-order valence-electron chi connectivity index (χ1n) is 6.28. The third kappa shape index (κ3) is 3.62. The summed E-state index contributed by atoms with van der Waals surface area (Å²) in [7, 11) is 1.60. The molecule has 0 spiro atoms. The van der Waals surface area contributed by atoms with Gasteiger partial charge in [-0.15, -0.1) is 0 Å². The van der Waals surface area contributed by atoms with Crippen molar-refractivity contribution in [3.63, 3.8) is 0 Å². The van der Waals surface area contributed by atoms with Gasteiger partial charge < -0.3 is 21.0 Å². The van der Waals surface area contributed by atoms with E-state index in [1.807, 2.05) is 24.3 Å². The number of nitrogens with two attached hydrogens (primary N) is 1. The van der Waals surface area contributed by atoms with Gasteiger partial charge in [0, 0.05) is 23.4 Å². The average molecular weight is 289 g/mol. The molecule has 0 aliphatic carbocycles. The van der Waals surface area contributed by atoms with E-state index < -0.39 is 5.82 Å². The van der Waals surface area contributed by atoms with Crippen molar-refractivity contribution in [1.82, 2.24) is 0 Å². The van der Waals surface area contributed by atoms with Gasteiger partial charge in [0.15, 0.2) is 5.84 Å². The Morgan fingerprint density at radius 2 is 2.00 bits per heavy atom. The van der Waals surface area contributed by atoms with Gasteiger partial charge in [-0.3, -0.25) is 0 Å². The second kappa shape index (κ2) is 6.60. The molecule has 0 aliphatic heterocycles. The SMILES string of the molecule is COc1ccc(NCc2ccc(C(N)=NO)cc2F)cc1. The second-order valence-electron chi connectivity index (χ2n) is 4.37. The van der Waals surface area contributed by atoms with Crippen LogP contribution < -0.4 is 15.8 Å². The van der Waals surface area contributed by atoms with Crippen LogP contribution in [0.4, 0.5) is 10.1 Å². The molecule has 21 heavy (non-hydrogen) atoms. The fraction of sp³-hybridized carbons (Fsp3) is 0.133. The molecule has 2 aromatic rings. The Labute approximate surface area is 121 Å². The number of hydrogen-bond donors (Lipinski definition) is 3. The molecule has 6 heteroatoms. The third-order valence-electron chi connectivity index (χ3n) is 3.03. The summed E-state index contributed by atoms with van der Waals surface area (Å²) in [4.78, 5) is 0. The normalized spacial score (nSPS) is 11.2. The zero-order valence-electron chi connectivity index (χ0n) is 11.5. The molecule has 0 bridgehead atoms. The van der Waals surface area contributed by atoms with E-state index in [1.165, 1.54) is 6.07 Å². The van der Waals surface area contributed by atoms with Crippen LogP contribution >= 0.6 is 0 Å². The van der Waals surface area contributed by atoms with Crippen LogP contribution in [0.3, 0.4) is 0 Å². The van der Waals surface area contributed by atoms with E-state index in [1.54, 1.807) is 19.2 Å². The first-order chi connectivity index (χ1) is 10.1. The van der Waals surface area contributed by atoms with Crippen LogP contribution in [0, 0.1) is 5.82 Å². The number of ether oxygens (including phenoxy) is 1. The maximum Gasteiger partial charge on any atom is 0.170 e. The first kappa shape index (κ1) is 14.6. The number of oxime groups is 1. The van der Waals surface area contributed by atoms with Gasteiger partial charge in [0.2, 0.25) is 0 Å². The Balaban J connectivity index is 2.05. The monoisotopic (exact) mass is 289 g/mol. The molecule has 0 atom stereocenters. The number of nitrogens with zero attached hydrogens (tertiary/aromatic N) is 1. The van der Waals surface area contributed by atoms with Crippen LogP contribution in [0.5, 0.6) is 5.75 Å². The van der Waals surface area contributed by atoms with Gasteiger partial charge in [-0.05, 0) is 30.3 Å². The lowest BCUT2D eigenvalue weighted by Gasteiger charge is -2.09. The average Bonchev–Trinajstić information content (AvgIpc) is 2.53. The summed E-state index contributed by atoms with van der Waals surface area (Å²) in [6, 6.07) is 11.8. The van der Waals surface area contributed by atoms with Gasteiger partial charge in [-0.25, -0.2) is 4.39 Å². The molecule has 0 fully saturated rings. The molecule has 0 aliphatic rings. The molecule has 2 rings (SSSR count).